The Kier molecular flexibility index (Phi) is 75.4. The van der Waals surface area contributed by atoms with E-state index in [0.717, 1.165) is 0 Å². The van der Waals surface area contributed by atoms with Crippen molar-refractivity contribution in [1.29, 1.82) is 0 Å². The van der Waals surface area contributed by atoms with Crippen LogP contribution in [0.2, 0.25) is 0 Å². The quantitative estimate of drug-likeness (QED) is 0.337. The normalized spacial score (nSPS) is 8.18. The van der Waals surface area contributed by atoms with Crippen molar-refractivity contribution in [3.05, 3.63) is 0 Å². The second-order valence-corrected chi connectivity index (χ2v) is 5.24. The molecule has 0 bridgehead atoms. The van der Waals surface area contributed by atoms with Crippen molar-refractivity contribution in [3.63, 3.8) is 0 Å². The molecule has 0 atom stereocenters. The molecule has 0 aliphatic rings. The van der Waals surface area contributed by atoms with Crippen LogP contribution in [-0.2, 0) is 0 Å². The molecular formula is C15H35AlO5Pb. The van der Waals surface area contributed by atoms with Gasteiger partial charge in [-0.1, -0.05) is 69.2 Å². The molecule has 0 aliphatic heterocycles. The molecule has 0 aromatic carbocycles. The zero-order chi connectivity index (χ0) is 17.9. The molecule has 0 saturated heterocycles. The molecule has 0 aromatic rings. The van der Waals surface area contributed by atoms with E-state index in [0.29, 0.717) is 0 Å². The van der Waals surface area contributed by atoms with Gasteiger partial charge in [-0.05, 0) is 0 Å². The standard InChI is InChI=1S/5C3H7O.Al.Pb/c5*1-3(2)4;;/h5*3H,1-2H3;;/q5*-1;+3;+2. The minimum absolute atomic E-state index is 0. The van der Waals surface area contributed by atoms with Crippen LogP contribution in [0.4, 0.5) is 0 Å². The Labute approximate surface area is 169 Å². The maximum absolute atomic E-state index is 9.53. The summed E-state index contributed by atoms with van der Waals surface area (Å²) in [6.07, 6.45) is -2.08. The molecule has 2 radical (unpaired) electrons. The summed E-state index contributed by atoms with van der Waals surface area (Å²) in [5, 5.41) is 47.6. The molecule has 7 heteroatoms. The molecule has 0 saturated carbocycles. The Bertz CT molecular complexity index is 86.5. The first-order valence-corrected chi connectivity index (χ1v) is 6.95. The first kappa shape index (κ1) is 43.6. The molecule has 0 unspecified atom stereocenters. The van der Waals surface area contributed by atoms with Crippen molar-refractivity contribution in [2.24, 2.45) is 0 Å². The third-order valence-electron chi connectivity index (χ3n) is 0. The number of hydrogen-bond donors (Lipinski definition) is 0. The van der Waals surface area contributed by atoms with E-state index in [-0.39, 0.29) is 44.7 Å². The fraction of sp³-hybridized carbons (Fsp3) is 1.00. The Morgan fingerprint density at radius 3 is 0.364 bits per heavy atom. The van der Waals surface area contributed by atoms with E-state index < -0.39 is 30.5 Å². The molecule has 0 aromatic heterocycles. The summed E-state index contributed by atoms with van der Waals surface area (Å²) in [5.74, 6) is 0. The largest absolute Gasteiger partial charge is 3.00 e. The van der Waals surface area contributed by atoms with Crippen molar-refractivity contribution in [3.8, 4) is 0 Å². The van der Waals surface area contributed by atoms with Crippen molar-refractivity contribution < 1.29 is 25.5 Å². The average Bonchev–Trinajstić information content (AvgIpc) is 1.94. The molecular weight excluding hydrogens is 494 g/mol. The Morgan fingerprint density at radius 1 is 0.364 bits per heavy atom. The summed E-state index contributed by atoms with van der Waals surface area (Å²) in [6.45, 7) is 16.1. The van der Waals surface area contributed by atoms with Crippen molar-refractivity contribution >= 4 is 44.7 Å². The fourth-order valence-electron chi connectivity index (χ4n) is 0. The van der Waals surface area contributed by atoms with Crippen LogP contribution in [0.5, 0.6) is 0 Å². The van der Waals surface area contributed by atoms with Gasteiger partial charge in [0.25, 0.3) is 0 Å². The van der Waals surface area contributed by atoms with Crippen molar-refractivity contribution in [2.75, 3.05) is 0 Å². The molecule has 0 fully saturated rings. The van der Waals surface area contributed by atoms with Crippen LogP contribution >= 0.6 is 0 Å². The van der Waals surface area contributed by atoms with Gasteiger partial charge < -0.3 is 25.5 Å². The van der Waals surface area contributed by atoms with E-state index in [9.17, 15) is 25.5 Å². The molecule has 0 heterocycles. The monoisotopic (exact) mass is 530 g/mol. The smallest absolute Gasteiger partial charge is 0.852 e. The molecule has 0 N–H and O–H groups in total. The molecule has 132 valence electrons. The minimum atomic E-state index is -0.417. The maximum atomic E-state index is 9.53. The topological polar surface area (TPSA) is 115 Å². The molecule has 0 aliphatic carbocycles. The Balaban J connectivity index is -0.0000000250. The van der Waals surface area contributed by atoms with Crippen LogP contribution in [0, 0.1) is 0 Å². The van der Waals surface area contributed by atoms with Crippen LogP contribution in [0.15, 0.2) is 0 Å². The maximum Gasteiger partial charge on any atom is 3.00 e. The molecule has 0 amide bonds. The van der Waals surface area contributed by atoms with Gasteiger partial charge >= 0.3 is 44.7 Å². The second kappa shape index (κ2) is 38.1. The fourth-order valence-corrected chi connectivity index (χ4v) is 0. The summed E-state index contributed by atoms with van der Waals surface area (Å²) in [7, 11) is 0. The van der Waals surface area contributed by atoms with Gasteiger partial charge in [-0.2, -0.15) is 0 Å². The van der Waals surface area contributed by atoms with Crippen LogP contribution in [0.1, 0.15) is 69.2 Å². The van der Waals surface area contributed by atoms with Crippen LogP contribution in [0.25, 0.3) is 0 Å². The predicted molar refractivity (Wildman–Crippen MR) is 87.2 cm³/mol. The van der Waals surface area contributed by atoms with E-state index in [1.807, 2.05) is 0 Å². The Hall–Kier alpha value is 1.25. The van der Waals surface area contributed by atoms with E-state index in [1.165, 1.54) is 0 Å². The predicted octanol–water partition coefficient (Wildman–Crippen LogP) is -1.99. The van der Waals surface area contributed by atoms with Gasteiger partial charge in [-0.3, -0.25) is 0 Å². The third-order valence-corrected chi connectivity index (χ3v) is 0. The van der Waals surface area contributed by atoms with E-state index in [1.54, 1.807) is 69.2 Å². The third kappa shape index (κ3) is 5540. The number of hydrogen-bond acceptors (Lipinski definition) is 5. The summed E-state index contributed by atoms with van der Waals surface area (Å²) < 4.78 is 0. The minimum Gasteiger partial charge on any atom is -0.852 e. The van der Waals surface area contributed by atoms with Gasteiger partial charge in [0.15, 0.2) is 0 Å². The molecule has 0 rings (SSSR count). The summed E-state index contributed by atoms with van der Waals surface area (Å²) in [6, 6.07) is 0. The van der Waals surface area contributed by atoms with Gasteiger partial charge in [-0.25, -0.2) is 0 Å². The summed E-state index contributed by atoms with van der Waals surface area (Å²) in [5.41, 5.74) is 0. The first-order valence-electron chi connectivity index (χ1n) is 6.95. The van der Waals surface area contributed by atoms with Crippen LogP contribution < -0.4 is 25.5 Å². The van der Waals surface area contributed by atoms with Crippen LogP contribution in [0.3, 0.4) is 0 Å². The average molecular weight is 530 g/mol. The van der Waals surface area contributed by atoms with E-state index in [4.69, 9.17) is 0 Å². The number of rotatable bonds is 0. The summed E-state index contributed by atoms with van der Waals surface area (Å²) >= 11 is 0. The van der Waals surface area contributed by atoms with Gasteiger partial charge in [0.2, 0.25) is 0 Å². The van der Waals surface area contributed by atoms with E-state index >= 15 is 0 Å². The van der Waals surface area contributed by atoms with Crippen molar-refractivity contribution in [1.82, 2.24) is 0 Å². The van der Waals surface area contributed by atoms with Gasteiger partial charge in [0.1, 0.15) is 0 Å². The Morgan fingerprint density at radius 2 is 0.364 bits per heavy atom. The van der Waals surface area contributed by atoms with Crippen molar-refractivity contribution in [2.45, 2.75) is 99.8 Å². The zero-order valence-electron chi connectivity index (χ0n) is 16.0. The SMILES string of the molecule is CC(C)[O-].CC(C)[O-].CC(C)[O-].CC(C)[O-].CC(C)[O-].[Al+3].[Pb+2]. The van der Waals surface area contributed by atoms with Gasteiger partial charge in [-0.15, -0.1) is 30.5 Å². The molecule has 0 spiro atoms. The van der Waals surface area contributed by atoms with Crippen LogP contribution in [-0.4, -0.2) is 75.2 Å². The van der Waals surface area contributed by atoms with Gasteiger partial charge in [0.05, 0.1) is 0 Å². The van der Waals surface area contributed by atoms with Gasteiger partial charge in [0, 0.05) is 0 Å². The second-order valence-electron chi connectivity index (χ2n) is 5.24. The van der Waals surface area contributed by atoms with E-state index in [2.05, 4.69) is 0 Å². The zero-order valence-corrected chi connectivity index (χ0v) is 21.0. The molecule has 5 nitrogen and oxygen atoms in total. The summed E-state index contributed by atoms with van der Waals surface area (Å²) in [4.78, 5) is 0. The molecule has 22 heavy (non-hydrogen) atoms. The first-order chi connectivity index (χ1) is 8.66.